The fourth-order valence-corrected chi connectivity index (χ4v) is 4.18. The van der Waals surface area contributed by atoms with E-state index in [2.05, 4.69) is 15.6 Å². The summed E-state index contributed by atoms with van der Waals surface area (Å²) in [6.07, 6.45) is 2.60. The summed E-state index contributed by atoms with van der Waals surface area (Å²) >= 11 is 8.30. The number of rotatable bonds is 4. The Labute approximate surface area is 169 Å². The molecule has 1 atom stereocenters. The fraction of sp³-hybridized carbons (Fsp3) is 0.562. The molecule has 1 saturated heterocycles. The Morgan fingerprint density at radius 1 is 1.33 bits per heavy atom. The van der Waals surface area contributed by atoms with E-state index in [1.165, 1.54) is 18.6 Å². The van der Waals surface area contributed by atoms with E-state index < -0.39 is 0 Å². The number of halogens is 2. The number of benzene rings is 1. The molecule has 0 saturated carbocycles. The van der Waals surface area contributed by atoms with E-state index in [-0.39, 0.29) is 24.0 Å². The Kier molecular flexibility index (Phi) is 8.09. The van der Waals surface area contributed by atoms with E-state index in [4.69, 9.17) is 21.1 Å². The van der Waals surface area contributed by atoms with Gasteiger partial charge in [-0.3, -0.25) is 4.99 Å². The SMILES string of the molecule is CN=C(NCc1cc(Cl)c2c(c1)OCCO2)NCC1CCCS1.I. The van der Waals surface area contributed by atoms with Crippen LogP contribution in [0.5, 0.6) is 11.5 Å². The van der Waals surface area contributed by atoms with E-state index in [9.17, 15) is 0 Å². The number of ether oxygens (including phenoxy) is 2. The van der Waals surface area contributed by atoms with Crippen LogP contribution in [-0.4, -0.2) is 43.8 Å². The first-order valence-electron chi connectivity index (χ1n) is 7.90. The van der Waals surface area contributed by atoms with Crippen molar-refractivity contribution >= 4 is 53.3 Å². The lowest BCUT2D eigenvalue weighted by molar-refractivity contribution is 0.171. The minimum Gasteiger partial charge on any atom is -0.486 e. The van der Waals surface area contributed by atoms with E-state index in [1.54, 1.807) is 7.05 Å². The average Bonchev–Trinajstić information content (AvgIpc) is 3.08. The van der Waals surface area contributed by atoms with Gasteiger partial charge in [0.05, 0.1) is 5.02 Å². The van der Waals surface area contributed by atoms with E-state index in [0.717, 1.165) is 18.1 Å². The van der Waals surface area contributed by atoms with E-state index >= 15 is 0 Å². The van der Waals surface area contributed by atoms with Crippen molar-refractivity contribution in [3.8, 4) is 11.5 Å². The second kappa shape index (κ2) is 9.82. The van der Waals surface area contributed by atoms with Gasteiger partial charge < -0.3 is 20.1 Å². The highest BCUT2D eigenvalue weighted by Crippen LogP contribution is 2.38. The van der Waals surface area contributed by atoms with Crippen molar-refractivity contribution in [2.24, 2.45) is 4.99 Å². The third kappa shape index (κ3) is 5.23. The summed E-state index contributed by atoms with van der Waals surface area (Å²) < 4.78 is 11.1. The van der Waals surface area contributed by atoms with Crippen molar-refractivity contribution in [3.05, 3.63) is 22.7 Å². The summed E-state index contributed by atoms with van der Waals surface area (Å²) in [5, 5.41) is 7.99. The molecule has 5 nitrogen and oxygen atoms in total. The van der Waals surface area contributed by atoms with Crippen LogP contribution in [0.2, 0.25) is 5.02 Å². The molecule has 0 aliphatic carbocycles. The van der Waals surface area contributed by atoms with Gasteiger partial charge in [0.15, 0.2) is 17.5 Å². The molecule has 0 spiro atoms. The number of nitrogens with zero attached hydrogens (tertiary/aromatic N) is 1. The zero-order valence-corrected chi connectivity index (χ0v) is 17.5. The van der Waals surface area contributed by atoms with Crippen molar-refractivity contribution in [1.82, 2.24) is 10.6 Å². The van der Waals surface area contributed by atoms with Crippen LogP contribution >= 0.6 is 47.3 Å². The van der Waals surface area contributed by atoms with Gasteiger partial charge >= 0.3 is 0 Å². The Hall–Kier alpha value is -0.540. The number of fused-ring (bicyclic) bond motifs is 1. The summed E-state index contributed by atoms with van der Waals surface area (Å²) in [5.41, 5.74) is 1.04. The normalized spacial score (nSPS) is 19.6. The standard InChI is InChI=1S/C16H22ClN3O2S.HI/c1-18-16(20-10-12-3-2-6-23-12)19-9-11-7-13(17)15-14(8-11)21-4-5-22-15;/h7-8,12H,2-6,9-10H2,1H3,(H2,18,19,20);1H. The Morgan fingerprint density at radius 3 is 2.92 bits per heavy atom. The monoisotopic (exact) mass is 483 g/mol. The number of aliphatic imine (C=N–C) groups is 1. The second-order valence-electron chi connectivity index (χ2n) is 5.54. The molecule has 2 aliphatic rings. The van der Waals surface area contributed by atoms with Crippen LogP contribution in [0, 0.1) is 0 Å². The maximum absolute atomic E-state index is 6.26. The summed E-state index contributed by atoms with van der Waals surface area (Å²) in [6, 6.07) is 3.87. The molecular weight excluding hydrogens is 461 g/mol. The molecule has 1 fully saturated rings. The van der Waals surface area contributed by atoms with Crippen molar-refractivity contribution in [1.29, 1.82) is 0 Å². The predicted octanol–water partition coefficient (Wildman–Crippen LogP) is 3.29. The Balaban J connectivity index is 0.00000208. The lowest BCUT2D eigenvalue weighted by Crippen LogP contribution is -2.39. The van der Waals surface area contributed by atoms with Gasteiger partial charge in [0.1, 0.15) is 13.2 Å². The smallest absolute Gasteiger partial charge is 0.191 e. The molecule has 3 rings (SSSR count). The van der Waals surface area contributed by atoms with E-state index in [0.29, 0.717) is 41.5 Å². The van der Waals surface area contributed by atoms with E-state index in [1.807, 2.05) is 23.9 Å². The minimum absolute atomic E-state index is 0. The highest BCUT2D eigenvalue weighted by molar-refractivity contribution is 14.0. The fourth-order valence-electron chi connectivity index (χ4n) is 2.69. The minimum atomic E-state index is 0. The van der Waals surface area contributed by atoms with Gasteiger partial charge in [-0.25, -0.2) is 0 Å². The molecule has 0 aromatic heterocycles. The first-order valence-corrected chi connectivity index (χ1v) is 9.33. The summed E-state index contributed by atoms with van der Waals surface area (Å²) in [6.45, 7) is 2.68. The summed E-state index contributed by atoms with van der Waals surface area (Å²) in [7, 11) is 1.79. The van der Waals surface area contributed by atoms with Crippen molar-refractivity contribution < 1.29 is 9.47 Å². The molecule has 2 heterocycles. The number of hydrogen-bond acceptors (Lipinski definition) is 4. The molecule has 24 heavy (non-hydrogen) atoms. The van der Waals surface area contributed by atoms with Gasteiger partial charge in [-0.2, -0.15) is 11.8 Å². The average molecular weight is 484 g/mol. The van der Waals surface area contributed by atoms with Crippen LogP contribution in [0.1, 0.15) is 18.4 Å². The lowest BCUT2D eigenvalue weighted by Gasteiger charge is -2.20. The first kappa shape index (κ1) is 19.8. The quantitative estimate of drug-likeness (QED) is 0.391. The highest BCUT2D eigenvalue weighted by atomic mass is 127. The Bertz CT molecular complexity index is 583. The number of guanidine groups is 1. The van der Waals surface area contributed by atoms with Crippen molar-refractivity contribution in [3.63, 3.8) is 0 Å². The van der Waals surface area contributed by atoms with Crippen LogP contribution in [0.4, 0.5) is 0 Å². The molecule has 2 aliphatic heterocycles. The van der Waals surface area contributed by atoms with Crippen LogP contribution in [-0.2, 0) is 6.54 Å². The van der Waals surface area contributed by atoms with Gasteiger partial charge in [0.25, 0.3) is 0 Å². The third-order valence-corrected chi connectivity index (χ3v) is 5.54. The molecule has 0 amide bonds. The van der Waals surface area contributed by atoms with Crippen molar-refractivity contribution in [2.45, 2.75) is 24.6 Å². The number of nitrogens with one attached hydrogen (secondary N) is 2. The second-order valence-corrected chi connectivity index (χ2v) is 7.36. The molecule has 1 aromatic rings. The predicted molar refractivity (Wildman–Crippen MR) is 112 cm³/mol. The molecule has 1 unspecified atom stereocenters. The number of thioether (sulfide) groups is 1. The summed E-state index contributed by atoms with van der Waals surface area (Å²) in [5.74, 6) is 3.44. The molecular formula is C16H23ClIN3O2S. The molecule has 8 heteroatoms. The zero-order valence-electron chi connectivity index (χ0n) is 13.6. The van der Waals surface area contributed by atoms with Gasteiger partial charge in [0, 0.05) is 25.4 Å². The Morgan fingerprint density at radius 2 is 2.17 bits per heavy atom. The number of hydrogen-bond donors (Lipinski definition) is 2. The lowest BCUT2D eigenvalue weighted by atomic mass is 10.2. The maximum atomic E-state index is 6.26. The van der Waals surface area contributed by atoms with Gasteiger partial charge in [0.2, 0.25) is 0 Å². The van der Waals surface area contributed by atoms with Crippen LogP contribution in [0.25, 0.3) is 0 Å². The molecule has 134 valence electrons. The van der Waals surface area contributed by atoms with Crippen LogP contribution < -0.4 is 20.1 Å². The molecule has 0 radical (unpaired) electrons. The van der Waals surface area contributed by atoms with Gasteiger partial charge in [-0.05, 0) is 36.3 Å². The molecule has 0 bridgehead atoms. The zero-order chi connectivity index (χ0) is 16.1. The van der Waals surface area contributed by atoms with Crippen molar-refractivity contribution in [2.75, 3.05) is 32.6 Å². The largest absolute Gasteiger partial charge is 0.486 e. The molecule has 1 aromatic carbocycles. The highest BCUT2D eigenvalue weighted by Gasteiger charge is 2.17. The third-order valence-electron chi connectivity index (χ3n) is 3.86. The maximum Gasteiger partial charge on any atom is 0.191 e. The first-order chi connectivity index (χ1) is 11.3. The topological polar surface area (TPSA) is 54.9 Å². The van der Waals surface area contributed by atoms with Gasteiger partial charge in [-0.15, -0.1) is 24.0 Å². The summed E-state index contributed by atoms with van der Waals surface area (Å²) in [4.78, 5) is 4.27. The molecule has 2 N–H and O–H groups in total. The van der Waals surface area contributed by atoms with Crippen LogP contribution in [0.3, 0.4) is 0 Å². The van der Waals surface area contributed by atoms with Crippen LogP contribution in [0.15, 0.2) is 17.1 Å². The van der Waals surface area contributed by atoms with Gasteiger partial charge in [-0.1, -0.05) is 11.6 Å².